The quantitative estimate of drug-likeness (QED) is 0.467. The highest BCUT2D eigenvalue weighted by Crippen LogP contribution is 2.63. The fourth-order valence-electron chi connectivity index (χ4n) is 7.80. The molecule has 41 heavy (non-hydrogen) atoms. The Morgan fingerprint density at radius 1 is 1.27 bits per heavy atom. The molecule has 3 heterocycles. The van der Waals surface area contributed by atoms with Crippen LogP contribution < -0.4 is 4.90 Å². The number of aliphatic hydroxyl groups excluding tert-OH is 1. The third-order valence-electron chi connectivity index (χ3n) is 10.2. The first-order valence-electron chi connectivity index (χ1n) is 14.9. The summed E-state index contributed by atoms with van der Waals surface area (Å²) in [7, 11) is 0. The number of nitriles is 1. The second-order valence-electron chi connectivity index (χ2n) is 14.4. The van der Waals surface area contributed by atoms with Crippen molar-refractivity contribution in [2.75, 3.05) is 31.1 Å². The van der Waals surface area contributed by atoms with Crippen molar-refractivity contribution < 1.29 is 14.6 Å². The molecule has 2 aliphatic heterocycles. The lowest BCUT2D eigenvalue weighted by Gasteiger charge is -2.57. The Morgan fingerprint density at radius 2 is 2.00 bits per heavy atom. The summed E-state index contributed by atoms with van der Waals surface area (Å²) in [6.07, 6.45) is 3.82. The largest absolute Gasteiger partial charge is 0.444 e. The van der Waals surface area contributed by atoms with Gasteiger partial charge < -0.3 is 19.6 Å². The Balaban J connectivity index is 1.44. The number of carbonyl (C=O) groups excluding carboxylic acids is 1. The average molecular weight is 555 g/mol. The van der Waals surface area contributed by atoms with Gasteiger partial charge in [0.25, 0.3) is 0 Å². The lowest BCUT2D eigenvalue weighted by molar-refractivity contribution is -0.0266. The molecule has 2 saturated heterocycles. The van der Waals surface area contributed by atoms with E-state index in [1.807, 2.05) is 45.0 Å². The number of rotatable bonds is 4. The van der Waals surface area contributed by atoms with Gasteiger partial charge in [0.05, 0.1) is 11.8 Å². The van der Waals surface area contributed by atoms with Crippen LogP contribution in [-0.4, -0.2) is 52.9 Å². The van der Waals surface area contributed by atoms with E-state index in [0.29, 0.717) is 30.5 Å². The van der Waals surface area contributed by atoms with E-state index in [0.717, 1.165) is 71.7 Å². The van der Waals surface area contributed by atoms with Crippen LogP contribution in [0.15, 0.2) is 24.8 Å². The molecule has 7 rings (SSSR count). The van der Waals surface area contributed by atoms with Crippen molar-refractivity contribution in [3.05, 3.63) is 52.7 Å². The molecule has 1 N–H and O–H groups in total. The van der Waals surface area contributed by atoms with Crippen LogP contribution in [0.5, 0.6) is 0 Å². The zero-order chi connectivity index (χ0) is 29.5. The van der Waals surface area contributed by atoms with E-state index in [-0.39, 0.29) is 16.9 Å². The zero-order valence-electron chi connectivity index (χ0n) is 25.3. The molecule has 2 bridgehead atoms. The number of nitrogens with zero attached hydrogens (tertiary/aromatic N) is 4. The van der Waals surface area contributed by atoms with Gasteiger partial charge in [0, 0.05) is 43.1 Å². The van der Waals surface area contributed by atoms with Crippen LogP contribution in [0.25, 0.3) is 17.2 Å². The van der Waals surface area contributed by atoms with Crippen LogP contribution in [0.4, 0.5) is 10.6 Å². The Labute approximate surface area is 243 Å². The number of ether oxygens (including phenoxy) is 1. The molecule has 1 amide bonds. The third-order valence-corrected chi connectivity index (χ3v) is 10.2. The number of hydrogen-bond acceptors (Lipinski definition) is 6. The van der Waals surface area contributed by atoms with E-state index < -0.39 is 11.7 Å². The number of hydrogen-bond donors (Lipinski definition) is 1. The van der Waals surface area contributed by atoms with Crippen LogP contribution >= 0.6 is 0 Å². The first-order valence-corrected chi connectivity index (χ1v) is 14.9. The minimum atomic E-state index is -0.692. The summed E-state index contributed by atoms with van der Waals surface area (Å²) in [5.41, 5.74) is 6.04. The fraction of sp³-hybridized carbons (Fsp3) is 0.559. The van der Waals surface area contributed by atoms with Crippen molar-refractivity contribution in [2.45, 2.75) is 78.4 Å². The molecule has 2 aromatic rings. The highest BCUT2D eigenvalue weighted by atomic mass is 16.6. The molecule has 216 valence electrons. The van der Waals surface area contributed by atoms with Gasteiger partial charge in [-0.25, -0.2) is 9.78 Å². The smallest absolute Gasteiger partial charge is 0.410 e. The lowest BCUT2D eigenvalue weighted by atomic mass is 9.48. The highest BCUT2D eigenvalue weighted by molar-refractivity contribution is 5.88. The molecule has 7 nitrogen and oxygen atoms in total. The summed E-state index contributed by atoms with van der Waals surface area (Å²) in [6, 6.07) is 8.49. The Morgan fingerprint density at radius 3 is 2.61 bits per heavy atom. The van der Waals surface area contributed by atoms with E-state index in [4.69, 9.17) is 9.72 Å². The van der Waals surface area contributed by atoms with Crippen LogP contribution in [0.1, 0.15) is 94.4 Å². The highest BCUT2D eigenvalue weighted by Gasteiger charge is 2.55. The predicted molar refractivity (Wildman–Crippen MR) is 161 cm³/mol. The number of aromatic nitrogens is 1. The fourth-order valence-corrected chi connectivity index (χ4v) is 7.80. The Bertz CT molecular complexity index is 1470. The molecule has 3 aliphatic carbocycles. The summed E-state index contributed by atoms with van der Waals surface area (Å²) >= 11 is 0. The molecule has 1 aromatic heterocycles. The number of anilines is 1. The standard InChI is InChI=1S/C34H42N4O3/c1-8-21-10-9-11-23(20(2)39)27(21)28-24-14-22-15-26(33(22,6)7)29(24)36-30(25(28)16-35)37-13-12-34(17-37)18-38(19-34)31(40)41-32(3,4)5/h8-11,20,22,26,39H,1,12-15,17-19H2,2-7H3/t20-,22-,26-/m0/s1. The van der Waals surface area contributed by atoms with E-state index in [2.05, 4.69) is 31.4 Å². The van der Waals surface area contributed by atoms with E-state index >= 15 is 0 Å². The molecule has 3 atom stereocenters. The van der Waals surface area contributed by atoms with Gasteiger partial charge in [0.2, 0.25) is 0 Å². The van der Waals surface area contributed by atoms with Gasteiger partial charge in [0.1, 0.15) is 23.1 Å². The number of amides is 1. The summed E-state index contributed by atoms with van der Waals surface area (Å²) < 4.78 is 5.60. The van der Waals surface area contributed by atoms with Crippen molar-refractivity contribution in [2.24, 2.45) is 16.7 Å². The van der Waals surface area contributed by atoms with Crippen molar-refractivity contribution in [1.82, 2.24) is 9.88 Å². The van der Waals surface area contributed by atoms with Gasteiger partial charge in [-0.1, -0.05) is 44.7 Å². The predicted octanol–water partition coefficient (Wildman–Crippen LogP) is 6.45. The van der Waals surface area contributed by atoms with Crippen LogP contribution in [0.2, 0.25) is 0 Å². The molecular weight excluding hydrogens is 512 g/mol. The van der Waals surface area contributed by atoms with Crippen molar-refractivity contribution in [3.63, 3.8) is 0 Å². The van der Waals surface area contributed by atoms with Gasteiger partial charge >= 0.3 is 6.09 Å². The first kappa shape index (κ1) is 27.8. The van der Waals surface area contributed by atoms with Crippen molar-refractivity contribution >= 4 is 18.0 Å². The molecule has 1 aromatic carbocycles. The van der Waals surface area contributed by atoms with Crippen LogP contribution in [0.3, 0.4) is 0 Å². The molecular formula is C34H42N4O3. The van der Waals surface area contributed by atoms with Crippen LogP contribution in [0, 0.1) is 28.1 Å². The Kier molecular flexibility index (Phi) is 6.32. The number of likely N-dealkylation sites (tertiary alicyclic amines) is 1. The summed E-state index contributed by atoms with van der Waals surface area (Å²) in [5, 5.41) is 21.6. The van der Waals surface area contributed by atoms with Crippen molar-refractivity contribution in [1.29, 1.82) is 5.26 Å². The minimum absolute atomic E-state index is 0.0218. The zero-order valence-corrected chi connectivity index (χ0v) is 25.3. The second kappa shape index (κ2) is 9.32. The van der Waals surface area contributed by atoms with Crippen molar-refractivity contribution in [3.8, 4) is 17.2 Å². The maximum absolute atomic E-state index is 12.6. The minimum Gasteiger partial charge on any atom is -0.444 e. The van der Waals surface area contributed by atoms with Gasteiger partial charge in [-0.05, 0) is 80.5 Å². The van der Waals surface area contributed by atoms with Gasteiger partial charge in [0.15, 0.2) is 0 Å². The number of benzene rings is 1. The topological polar surface area (TPSA) is 89.7 Å². The van der Waals surface area contributed by atoms with Crippen LogP contribution in [-0.2, 0) is 11.2 Å². The molecule has 1 saturated carbocycles. The number of carbonyl (C=O) groups is 1. The Hall–Kier alpha value is -3.37. The van der Waals surface area contributed by atoms with E-state index in [9.17, 15) is 15.2 Å². The monoisotopic (exact) mass is 554 g/mol. The summed E-state index contributed by atoms with van der Waals surface area (Å²) in [4.78, 5) is 22.0. The summed E-state index contributed by atoms with van der Waals surface area (Å²) in [5.74, 6) is 1.63. The second-order valence-corrected chi connectivity index (χ2v) is 14.4. The van der Waals surface area contributed by atoms with Gasteiger partial charge in [-0.3, -0.25) is 0 Å². The molecule has 7 heteroatoms. The molecule has 1 spiro atoms. The van der Waals surface area contributed by atoms with E-state index in [1.165, 1.54) is 0 Å². The van der Waals surface area contributed by atoms with Gasteiger partial charge in [-0.15, -0.1) is 0 Å². The SMILES string of the molecule is C=Cc1cccc([C@H](C)O)c1-c1c(C#N)c(N2CCC3(CN(C(=O)OC(C)(C)C)C3)C2)nc2c1C[C@H]1C[C@@H]2C1(C)C. The number of pyridine rings is 1. The summed E-state index contributed by atoms with van der Waals surface area (Å²) in [6.45, 7) is 19.1. The van der Waals surface area contributed by atoms with E-state index in [1.54, 1.807) is 11.8 Å². The average Bonchev–Trinajstić information content (AvgIpc) is 3.35. The lowest BCUT2D eigenvalue weighted by Crippen LogP contribution is -2.60. The molecule has 0 radical (unpaired) electrons. The maximum Gasteiger partial charge on any atom is 0.410 e. The molecule has 3 fully saturated rings. The third kappa shape index (κ3) is 4.34. The normalized spacial score (nSPS) is 24.1. The maximum atomic E-state index is 12.6. The first-order chi connectivity index (χ1) is 19.3. The number of aliphatic hydroxyl groups is 1. The molecule has 5 aliphatic rings. The molecule has 0 unspecified atom stereocenters. The van der Waals surface area contributed by atoms with Gasteiger partial charge in [-0.2, -0.15) is 5.26 Å².